The monoisotopic (exact) mass is 170 g/mol. The minimum Gasteiger partial charge on any atom is -0.176 e. The van der Waals surface area contributed by atoms with Crippen molar-refractivity contribution in [1.82, 2.24) is 20.6 Å². The fraction of sp³-hybridized carbons (Fsp3) is 0.500. The number of thioether (sulfide) groups is 1. The van der Waals surface area contributed by atoms with Crippen molar-refractivity contribution in [3.05, 3.63) is 11.6 Å². The average Bonchev–Trinajstić information content (AvgIpc) is 2.39. The third-order valence-corrected chi connectivity index (χ3v) is 1.79. The SMILES string of the molecule is CC(C)=CCSc1nn[nH]n1. The van der Waals surface area contributed by atoms with Crippen LogP contribution in [0.2, 0.25) is 0 Å². The molecule has 0 aromatic carbocycles. The lowest BCUT2D eigenvalue weighted by Gasteiger charge is -1.88. The highest BCUT2D eigenvalue weighted by molar-refractivity contribution is 7.99. The highest BCUT2D eigenvalue weighted by atomic mass is 32.2. The number of nitrogens with one attached hydrogen (secondary N) is 1. The third kappa shape index (κ3) is 3.18. The second-order valence-corrected chi connectivity index (χ2v) is 3.27. The Kier molecular flexibility index (Phi) is 3.10. The van der Waals surface area contributed by atoms with Gasteiger partial charge in [0.25, 0.3) is 0 Å². The van der Waals surface area contributed by atoms with Gasteiger partial charge in [-0.2, -0.15) is 5.21 Å². The van der Waals surface area contributed by atoms with Crippen LogP contribution in [0.5, 0.6) is 0 Å². The maximum Gasteiger partial charge on any atom is 0.231 e. The number of aromatic nitrogens is 4. The first-order chi connectivity index (χ1) is 5.29. The molecule has 0 atom stereocenters. The normalized spacial score (nSPS) is 9.64. The molecule has 1 rings (SSSR count). The Morgan fingerprint density at radius 3 is 3.00 bits per heavy atom. The van der Waals surface area contributed by atoms with Crippen molar-refractivity contribution >= 4 is 11.8 Å². The van der Waals surface area contributed by atoms with Crippen molar-refractivity contribution in [3.8, 4) is 0 Å². The van der Waals surface area contributed by atoms with E-state index in [0.29, 0.717) is 5.16 Å². The van der Waals surface area contributed by atoms with Crippen LogP contribution >= 0.6 is 11.8 Å². The second-order valence-electron chi connectivity index (χ2n) is 2.29. The van der Waals surface area contributed by atoms with Crippen molar-refractivity contribution in [1.29, 1.82) is 0 Å². The molecular weight excluding hydrogens is 160 g/mol. The summed E-state index contributed by atoms with van der Waals surface area (Å²) in [6, 6.07) is 0. The van der Waals surface area contributed by atoms with E-state index in [4.69, 9.17) is 0 Å². The summed E-state index contributed by atoms with van der Waals surface area (Å²) in [5.74, 6) is 0.905. The van der Waals surface area contributed by atoms with E-state index in [2.05, 4.69) is 40.5 Å². The van der Waals surface area contributed by atoms with Gasteiger partial charge in [0.15, 0.2) is 0 Å². The first-order valence-corrected chi connectivity index (χ1v) is 4.27. The number of rotatable bonds is 3. The molecule has 0 saturated carbocycles. The molecule has 0 fully saturated rings. The molecule has 0 aliphatic heterocycles. The molecule has 1 heterocycles. The maximum absolute atomic E-state index is 3.80. The van der Waals surface area contributed by atoms with E-state index in [9.17, 15) is 0 Å². The van der Waals surface area contributed by atoms with E-state index in [1.165, 1.54) is 5.57 Å². The summed E-state index contributed by atoms with van der Waals surface area (Å²) < 4.78 is 0. The van der Waals surface area contributed by atoms with Crippen LogP contribution in [-0.2, 0) is 0 Å². The summed E-state index contributed by atoms with van der Waals surface area (Å²) >= 11 is 1.56. The lowest BCUT2D eigenvalue weighted by Crippen LogP contribution is -1.77. The van der Waals surface area contributed by atoms with Crippen molar-refractivity contribution in [3.63, 3.8) is 0 Å². The Labute approximate surface area is 69.5 Å². The summed E-state index contributed by atoms with van der Waals surface area (Å²) in [4.78, 5) is 0. The predicted octanol–water partition coefficient (Wildman–Crippen LogP) is 1.26. The van der Waals surface area contributed by atoms with Crippen molar-refractivity contribution in [2.75, 3.05) is 5.75 Å². The summed E-state index contributed by atoms with van der Waals surface area (Å²) in [5, 5.41) is 14.1. The molecule has 0 aliphatic rings. The lowest BCUT2D eigenvalue weighted by molar-refractivity contribution is 0.881. The van der Waals surface area contributed by atoms with Crippen molar-refractivity contribution in [2.45, 2.75) is 19.0 Å². The molecule has 0 unspecified atom stereocenters. The van der Waals surface area contributed by atoms with E-state index in [1.807, 2.05) is 0 Å². The zero-order valence-corrected chi connectivity index (χ0v) is 7.35. The number of hydrogen-bond donors (Lipinski definition) is 1. The van der Waals surface area contributed by atoms with Gasteiger partial charge in [-0.1, -0.05) is 23.4 Å². The lowest BCUT2D eigenvalue weighted by atomic mass is 10.3. The molecule has 0 aliphatic carbocycles. The Hall–Kier alpha value is -0.840. The van der Waals surface area contributed by atoms with Crippen LogP contribution in [0.1, 0.15) is 13.8 Å². The minimum absolute atomic E-state index is 0.697. The molecule has 0 radical (unpaired) electrons. The number of tetrazole rings is 1. The molecule has 0 spiro atoms. The zero-order chi connectivity index (χ0) is 8.10. The van der Waals surface area contributed by atoms with Crippen LogP contribution in [-0.4, -0.2) is 26.4 Å². The van der Waals surface area contributed by atoms with Gasteiger partial charge in [-0.25, -0.2) is 0 Å². The van der Waals surface area contributed by atoms with E-state index >= 15 is 0 Å². The fourth-order valence-electron chi connectivity index (χ4n) is 0.497. The molecule has 1 aromatic rings. The van der Waals surface area contributed by atoms with Gasteiger partial charge in [-0.3, -0.25) is 0 Å². The third-order valence-electron chi connectivity index (χ3n) is 1.03. The average molecular weight is 170 g/mol. The molecule has 0 amide bonds. The summed E-state index contributed by atoms with van der Waals surface area (Å²) in [5.41, 5.74) is 1.31. The quantitative estimate of drug-likeness (QED) is 0.548. The molecule has 1 N–H and O–H groups in total. The van der Waals surface area contributed by atoms with Crippen LogP contribution in [0, 0.1) is 0 Å². The second kappa shape index (κ2) is 4.12. The predicted molar refractivity (Wildman–Crippen MR) is 44.3 cm³/mol. The topological polar surface area (TPSA) is 54.5 Å². The molecule has 5 heteroatoms. The molecule has 0 bridgehead atoms. The number of nitrogens with zero attached hydrogens (tertiary/aromatic N) is 3. The molecule has 11 heavy (non-hydrogen) atoms. The molecular formula is C6H10N4S. The number of aromatic amines is 1. The summed E-state index contributed by atoms with van der Waals surface area (Å²) in [6.07, 6.45) is 2.13. The van der Waals surface area contributed by atoms with Crippen LogP contribution < -0.4 is 0 Å². The first kappa shape index (κ1) is 8.26. The minimum atomic E-state index is 0.697. The van der Waals surface area contributed by atoms with Crippen molar-refractivity contribution < 1.29 is 0 Å². The number of H-pyrrole nitrogens is 1. The Morgan fingerprint density at radius 2 is 2.45 bits per heavy atom. The Balaban J connectivity index is 2.30. The summed E-state index contributed by atoms with van der Waals surface area (Å²) in [6.45, 7) is 4.13. The first-order valence-electron chi connectivity index (χ1n) is 3.28. The fourth-order valence-corrected chi connectivity index (χ4v) is 1.27. The molecule has 4 nitrogen and oxygen atoms in total. The Morgan fingerprint density at radius 1 is 1.64 bits per heavy atom. The van der Waals surface area contributed by atoms with Gasteiger partial charge in [0.1, 0.15) is 0 Å². The molecule has 0 saturated heterocycles. The largest absolute Gasteiger partial charge is 0.231 e. The zero-order valence-electron chi connectivity index (χ0n) is 6.53. The highest BCUT2D eigenvalue weighted by Crippen LogP contribution is 2.10. The smallest absolute Gasteiger partial charge is 0.176 e. The Bertz CT molecular complexity index is 225. The van der Waals surface area contributed by atoms with Gasteiger partial charge in [0, 0.05) is 5.75 Å². The van der Waals surface area contributed by atoms with Crippen LogP contribution in [0.25, 0.3) is 0 Å². The van der Waals surface area contributed by atoms with Crippen molar-refractivity contribution in [2.24, 2.45) is 0 Å². The standard InChI is InChI=1S/C6H10N4S/c1-5(2)3-4-11-6-7-9-10-8-6/h3H,4H2,1-2H3,(H,7,8,9,10). The van der Waals surface area contributed by atoms with E-state index in [-0.39, 0.29) is 0 Å². The highest BCUT2D eigenvalue weighted by Gasteiger charge is 1.94. The van der Waals surface area contributed by atoms with E-state index in [1.54, 1.807) is 11.8 Å². The molecule has 1 aromatic heterocycles. The van der Waals surface area contributed by atoms with Crippen LogP contribution in [0.4, 0.5) is 0 Å². The van der Waals surface area contributed by atoms with Gasteiger partial charge in [-0.05, 0) is 19.1 Å². The van der Waals surface area contributed by atoms with E-state index in [0.717, 1.165) is 5.75 Å². The van der Waals surface area contributed by atoms with Gasteiger partial charge in [-0.15, -0.1) is 10.2 Å². The van der Waals surface area contributed by atoms with Gasteiger partial charge < -0.3 is 0 Å². The van der Waals surface area contributed by atoms with Crippen LogP contribution in [0.3, 0.4) is 0 Å². The van der Waals surface area contributed by atoms with Gasteiger partial charge >= 0.3 is 0 Å². The van der Waals surface area contributed by atoms with E-state index < -0.39 is 0 Å². The summed E-state index contributed by atoms with van der Waals surface area (Å²) in [7, 11) is 0. The number of allylic oxidation sites excluding steroid dienone is 1. The molecule has 60 valence electrons. The number of hydrogen-bond acceptors (Lipinski definition) is 4. The van der Waals surface area contributed by atoms with Crippen LogP contribution in [0.15, 0.2) is 16.8 Å². The van der Waals surface area contributed by atoms with Gasteiger partial charge in [0.2, 0.25) is 5.16 Å². The maximum atomic E-state index is 3.80. The van der Waals surface area contributed by atoms with Gasteiger partial charge in [0.05, 0.1) is 0 Å².